The Labute approximate surface area is 154 Å². The molecule has 2 heterocycles. The van der Waals surface area contributed by atoms with Gasteiger partial charge in [-0.25, -0.2) is 0 Å². The number of amides is 1. The summed E-state index contributed by atoms with van der Waals surface area (Å²) in [6.07, 6.45) is 6.34. The number of carbonyl (C=O) groups excluding carboxylic acids is 2. The van der Waals surface area contributed by atoms with Crippen LogP contribution in [0.4, 0.5) is 0 Å². The molecular weight excluding hydrogens is 326 g/mol. The number of ketones is 1. The predicted octanol–water partition coefficient (Wildman–Crippen LogP) is 4.86. The molecule has 1 saturated heterocycles. The lowest BCUT2D eigenvalue weighted by atomic mass is 9.93. The lowest BCUT2D eigenvalue weighted by Gasteiger charge is -2.30. The molecule has 26 heavy (non-hydrogen) atoms. The lowest BCUT2D eigenvalue weighted by Crippen LogP contribution is -2.35. The first kappa shape index (κ1) is 17.1. The molecule has 4 nitrogen and oxygen atoms in total. The van der Waals surface area contributed by atoms with Gasteiger partial charge in [0.25, 0.3) is 5.91 Å². The number of hydrogen-bond acceptors (Lipinski definition) is 3. The van der Waals surface area contributed by atoms with E-state index >= 15 is 0 Å². The topological polar surface area (TPSA) is 50.5 Å². The van der Waals surface area contributed by atoms with Crippen LogP contribution in [0.3, 0.4) is 0 Å². The summed E-state index contributed by atoms with van der Waals surface area (Å²) in [7, 11) is 0. The number of rotatable bonds is 2. The van der Waals surface area contributed by atoms with Crippen LogP contribution < -0.4 is 0 Å². The second kappa shape index (κ2) is 7.10. The van der Waals surface area contributed by atoms with Gasteiger partial charge in [0.15, 0.2) is 11.5 Å². The zero-order chi connectivity index (χ0) is 18.1. The average Bonchev–Trinajstić information content (AvgIpc) is 2.84. The molecule has 1 aliphatic heterocycles. The number of nitrogens with zero attached hydrogens (tertiary/aromatic N) is 1. The smallest absolute Gasteiger partial charge is 0.290 e. The van der Waals surface area contributed by atoms with Gasteiger partial charge in [-0.05, 0) is 31.7 Å². The van der Waals surface area contributed by atoms with Crippen LogP contribution in [0.25, 0.3) is 0 Å². The Morgan fingerprint density at radius 3 is 2.65 bits per heavy atom. The van der Waals surface area contributed by atoms with Crippen molar-refractivity contribution in [2.24, 2.45) is 0 Å². The number of aryl methyl sites for hydroxylation is 1. The molecule has 0 radical (unpaired) electrons. The van der Waals surface area contributed by atoms with E-state index in [-0.39, 0.29) is 17.7 Å². The summed E-state index contributed by atoms with van der Waals surface area (Å²) < 4.78 is 5.94. The van der Waals surface area contributed by atoms with Crippen molar-refractivity contribution in [1.82, 2.24) is 4.90 Å². The molecule has 1 aromatic carbocycles. The monoisotopic (exact) mass is 351 g/mol. The number of fused-ring (bicyclic) bond motifs is 1. The van der Waals surface area contributed by atoms with Gasteiger partial charge in [0.2, 0.25) is 0 Å². The second-order valence-corrected chi connectivity index (χ2v) is 7.41. The number of benzene rings is 1. The van der Waals surface area contributed by atoms with Crippen molar-refractivity contribution >= 4 is 11.7 Å². The summed E-state index contributed by atoms with van der Waals surface area (Å²) in [5.74, 6) is 1.11. The first-order chi connectivity index (χ1) is 12.7. The summed E-state index contributed by atoms with van der Waals surface area (Å²) in [6, 6.07) is 10.3. The van der Waals surface area contributed by atoms with Crippen molar-refractivity contribution in [2.45, 2.75) is 57.9 Å². The van der Waals surface area contributed by atoms with E-state index in [2.05, 4.69) is 12.1 Å². The van der Waals surface area contributed by atoms with Crippen molar-refractivity contribution in [3.05, 3.63) is 58.5 Å². The van der Waals surface area contributed by atoms with E-state index < -0.39 is 0 Å². The van der Waals surface area contributed by atoms with Crippen LogP contribution in [-0.4, -0.2) is 23.1 Å². The van der Waals surface area contributed by atoms with Gasteiger partial charge in [0.05, 0.1) is 11.6 Å². The Bertz CT molecular complexity index is 821. The fourth-order valence-electron chi connectivity index (χ4n) is 4.36. The number of hydrogen-bond donors (Lipinski definition) is 0. The highest BCUT2D eigenvalue weighted by Crippen LogP contribution is 2.34. The van der Waals surface area contributed by atoms with Gasteiger partial charge in [-0.15, -0.1) is 0 Å². The quantitative estimate of drug-likeness (QED) is 0.776. The molecule has 4 rings (SSSR count). The molecule has 0 bridgehead atoms. The van der Waals surface area contributed by atoms with Crippen molar-refractivity contribution < 1.29 is 14.0 Å². The molecule has 4 heteroatoms. The molecule has 0 N–H and O–H groups in total. The van der Waals surface area contributed by atoms with Crippen LogP contribution in [0, 0.1) is 6.92 Å². The summed E-state index contributed by atoms with van der Waals surface area (Å²) >= 11 is 0. The van der Waals surface area contributed by atoms with Gasteiger partial charge in [-0.2, -0.15) is 0 Å². The minimum absolute atomic E-state index is 0.0690. The van der Waals surface area contributed by atoms with Crippen molar-refractivity contribution in [2.75, 3.05) is 6.54 Å². The standard InChI is InChI=1S/C22H25NO3/c1-15-20-18(24)12-8-13-19(20)26-21(15)22(25)23-14-7-3-6-11-17(23)16-9-4-2-5-10-16/h2,4-5,9-10,17H,3,6-8,11-14H2,1H3. The molecule has 0 saturated carbocycles. The van der Waals surface area contributed by atoms with Crippen LogP contribution >= 0.6 is 0 Å². The number of Topliss-reactive ketones (excluding diaryl/α,β-unsaturated/α-hetero) is 1. The number of carbonyl (C=O) groups is 2. The first-order valence-electron chi connectivity index (χ1n) is 9.68. The lowest BCUT2D eigenvalue weighted by molar-refractivity contribution is 0.0644. The summed E-state index contributed by atoms with van der Waals surface area (Å²) in [6.45, 7) is 2.59. The fourth-order valence-corrected chi connectivity index (χ4v) is 4.36. The van der Waals surface area contributed by atoms with E-state index in [9.17, 15) is 9.59 Å². The first-order valence-corrected chi connectivity index (χ1v) is 9.68. The van der Waals surface area contributed by atoms with E-state index in [1.807, 2.05) is 30.0 Å². The average molecular weight is 351 g/mol. The van der Waals surface area contributed by atoms with Crippen LogP contribution in [0.5, 0.6) is 0 Å². The molecule has 1 aromatic heterocycles. The van der Waals surface area contributed by atoms with Crippen LogP contribution in [0.15, 0.2) is 34.7 Å². The number of likely N-dealkylation sites (tertiary alicyclic amines) is 1. The van der Waals surface area contributed by atoms with E-state index in [0.29, 0.717) is 23.5 Å². The van der Waals surface area contributed by atoms with E-state index in [1.54, 1.807) is 0 Å². The normalized spacial score (nSPS) is 20.6. The Balaban J connectivity index is 1.70. The Morgan fingerprint density at radius 2 is 1.88 bits per heavy atom. The molecule has 2 aliphatic rings. The Hall–Kier alpha value is -2.36. The predicted molar refractivity (Wildman–Crippen MR) is 99.4 cm³/mol. The Kier molecular flexibility index (Phi) is 4.66. The van der Waals surface area contributed by atoms with E-state index in [4.69, 9.17) is 4.42 Å². The minimum Gasteiger partial charge on any atom is -0.455 e. The third-order valence-electron chi connectivity index (χ3n) is 5.70. The third kappa shape index (κ3) is 2.98. The fraction of sp³-hybridized carbons (Fsp3) is 0.455. The molecule has 136 valence electrons. The summed E-state index contributed by atoms with van der Waals surface area (Å²) in [4.78, 5) is 27.6. The third-order valence-corrected chi connectivity index (χ3v) is 5.70. The maximum atomic E-state index is 13.4. The van der Waals surface area contributed by atoms with Gasteiger partial charge >= 0.3 is 0 Å². The van der Waals surface area contributed by atoms with Gasteiger partial charge in [0.1, 0.15) is 5.76 Å². The molecule has 1 amide bonds. The van der Waals surface area contributed by atoms with Crippen molar-refractivity contribution in [3.8, 4) is 0 Å². The van der Waals surface area contributed by atoms with Gasteiger partial charge in [-0.1, -0.05) is 43.2 Å². The largest absolute Gasteiger partial charge is 0.455 e. The molecule has 1 fully saturated rings. The summed E-state index contributed by atoms with van der Waals surface area (Å²) in [5.41, 5.74) is 2.56. The molecule has 1 aliphatic carbocycles. The molecular formula is C22H25NO3. The summed E-state index contributed by atoms with van der Waals surface area (Å²) in [5, 5.41) is 0. The Morgan fingerprint density at radius 1 is 1.08 bits per heavy atom. The zero-order valence-corrected chi connectivity index (χ0v) is 15.3. The van der Waals surface area contributed by atoms with Crippen molar-refractivity contribution in [1.29, 1.82) is 0 Å². The van der Waals surface area contributed by atoms with Crippen LogP contribution in [0.1, 0.15) is 82.4 Å². The minimum atomic E-state index is -0.0690. The molecule has 1 unspecified atom stereocenters. The van der Waals surface area contributed by atoms with E-state index in [1.165, 1.54) is 5.56 Å². The van der Waals surface area contributed by atoms with Gasteiger partial charge in [0, 0.05) is 24.9 Å². The molecule has 2 aromatic rings. The van der Waals surface area contributed by atoms with Crippen molar-refractivity contribution in [3.63, 3.8) is 0 Å². The molecule has 1 atom stereocenters. The van der Waals surface area contributed by atoms with Gasteiger partial charge in [-0.3, -0.25) is 9.59 Å². The van der Waals surface area contributed by atoms with Crippen LogP contribution in [-0.2, 0) is 6.42 Å². The second-order valence-electron chi connectivity index (χ2n) is 7.41. The van der Waals surface area contributed by atoms with E-state index in [0.717, 1.165) is 50.6 Å². The van der Waals surface area contributed by atoms with Crippen LogP contribution in [0.2, 0.25) is 0 Å². The highest BCUT2D eigenvalue weighted by molar-refractivity contribution is 6.03. The zero-order valence-electron chi connectivity index (χ0n) is 15.3. The SMILES string of the molecule is Cc1c(C(=O)N2CCCCCC2c2ccccc2)oc2c1C(=O)CCC2. The highest BCUT2D eigenvalue weighted by atomic mass is 16.4. The maximum absolute atomic E-state index is 13.4. The number of furan rings is 1. The molecule has 0 spiro atoms. The highest BCUT2D eigenvalue weighted by Gasteiger charge is 2.34. The van der Waals surface area contributed by atoms with Gasteiger partial charge < -0.3 is 9.32 Å². The maximum Gasteiger partial charge on any atom is 0.290 e.